The Balaban J connectivity index is 1.23. The van der Waals surface area contributed by atoms with E-state index in [2.05, 4.69) is 16.3 Å². The van der Waals surface area contributed by atoms with E-state index in [1.165, 1.54) is 11.8 Å². The number of nitrogens with zero attached hydrogens (tertiary/aromatic N) is 2. The Bertz CT molecular complexity index is 1060. The molecule has 0 unspecified atom stereocenters. The van der Waals surface area contributed by atoms with Gasteiger partial charge in [-0.3, -0.25) is 14.5 Å². The third-order valence-electron chi connectivity index (χ3n) is 5.22. The van der Waals surface area contributed by atoms with Crippen molar-refractivity contribution >= 4 is 29.1 Å². The van der Waals surface area contributed by atoms with E-state index in [0.717, 1.165) is 24.7 Å². The molecule has 1 aromatic heterocycles. The number of halogens is 1. The van der Waals surface area contributed by atoms with Gasteiger partial charge >= 0.3 is 0 Å². The predicted molar refractivity (Wildman–Crippen MR) is 122 cm³/mol. The van der Waals surface area contributed by atoms with Gasteiger partial charge in [0, 0.05) is 49.5 Å². The van der Waals surface area contributed by atoms with Crippen molar-refractivity contribution < 1.29 is 18.7 Å². The zero-order chi connectivity index (χ0) is 22.3. The highest BCUT2D eigenvalue weighted by atomic mass is 35.5. The van der Waals surface area contributed by atoms with Crippen molar-refractivity contribution in [3.63, 3.8) is 0 Å². The molecular weight excluding hydrogens is 430 g/mol. The lowest BCUT2D eigenvalue weighted by atomic mass is 10.2. The van der Waals surface area contributed by atoms with Crippen LogP contribution in [0.15, 0.2) is 71.3 Å². The molecule has 8 heteroatoms. The van der Waals surface area contributed by atoms with Crippen LogP contribution in [0.2, 0.25) is 5.02 Å². The van der Waals surface area contributed by atoms with E-state index < -0.39 is 0 Å². The number of hydrogen-bond acceptors (Lipinski definition) is 5. The molecule has 3 aromatic rings. The van der Waals surface area contributed by atoms with Crippen molar-refractivity contribution in [1.29, 1.82) is 0 Å². The van der Waals surface area contributed by atoms with E-state index in [4.69, 9.17) is 20.8 Å². The highest BCUT2D eigenvalue weighted by Gasteiger charge is 2.21. The molecule has 0 spiro atoms. The average molecular weight is 454 g/mol. The number of rotatable bonds is 7. The van der Waals surface area contributed by atoms with Crippen LogP contribution in [0.4, 0.5) is 5.69 Å². The topological polar surface area (TPSA) is 75.0 Å². The highest BCUT2D eigenvalue weighted by Crippen LogP contribution is 2.19. The molecule has 4 rings (SSSR count). The molecular formula is C24H24ClN3O4. The quantitative estimate of drug-likeness (QED) is 0.587. The molecule has 7 nitrogen and oxygen atoms in total. The fourth-order valence-electron chi connectivity index (χ4n) is 3.55. The number of piperazine rings is 1. The first-order valence-corrected chi connectivity index (χ1v) is 10.8. The molecule has 2 amide bonds. The van der Waals surface area contributed by atoms with Crippen molar-refractivity contribution in [2.24, 2.45) is 0 Å². The summed E-state index contributed by atoms with van der Waals surface area (Å²) in [6.07, 6.45) is 1.44. The van der Waals surface area contributed by atoms with Gasteiger partial charge in [-0.2, -0.15) is 0 Å². The molecule has 1 saturated heterocycles. The van der Waals surface area contributed by atoms with E-state index in [9.17, 15) is 9.59 Å². The van der Waals surface area contributed by atoms with E-state index in [1.54, 1.807) is 36.4 Å². The van der Waals surface area contributed by atoms with Crippen LogP contribution in [-0.2, 0) is 11.3 Å². The number of amides is 2. The molecule has 32 heavy (non-hydrogen) atoms. The molecule has 0 saturated carbocycles. The minimum Gasteiger partial charge on any atom is -0.484 e. The maximum absolute atomic E-state index is 12.6. The lowest BCUT2D eigenvalue weighted by molar-refractivity contribution is -0.135. The van der Waals surface area contributed by atoms with Crippen molar-refractivity contribution in [3.05, 3.63) is 83.3 Å². The maximum Gasteiger partial charge on any atom is 0.291 e. The molecule has 1 N–H and O–H groups in total. The largest absolute Gasteiger partial charge is 0.484 e. The van der Waals surface area contributed by atoms with Gasteiger partial charge in [-0.15, -0.1) is 0 Å². The normalized spacial score (nSPS) is 14.2. The summed E-state index contributed by atoms with van der Waals surface area (Å²) in [7, 11) is 0. The number of ether oxygens (including phenoxy) is 1. The zero-order valence-electron chi connectivity index (χ0n) is 17.5. The van der Waals surface area contributed by atoms with Crippen LogP contribution in [0, 0.1) is 0 Å². The van der Waals surface area contributed by atoms with Crippen LogP contribution in [-0.4, -0.2) is 54.4 Å². The molecule has 2 aromatic carbocycles. The summed E-state index contributed by atoms with van der Waals surface area (Å²) in [5.74, 6) is 0.326. The standard InChI is InChI=1S/C24H24ClN3O4/c25-19-5-1-4-18(14-19)16-27-9-11-28(12-10-27)23(29)17-32-21-7-2-6-20(15-21)26-24(30)22-8-3-13-31-22/h1-8,13-15H,9-12,16-17H2,(H,26,30). The third-order valence-corrected chi connectivity index (χ3v) is 5.45. The van der Waals surface area contributed by atoms with Crippen LogP contribution in [0.1, 0.15) is 16.1 Å². The first kappa shape index (κ1) is 21.9. The van der Waals surface area contributed by atoms with E-state index in [0.29, 0.717) is 24.5 Å². The van der Waals surface area contributed by atoms with Crippen LogP contribution in [0.5, 0.6) is 5.75 Å². The number of anilines is 1. The predicted octanol–water partition coefficient (Wildman–Crippen LogP) is 3.91. The molecule has 1 fully saturated rings. The van der Waals surface area contributed by atoms with Gasteiger partial charge in [-0.1, -0.05) is 29.8 Å². The van der Waals surface area contributed by atoms with Crippen molar-refractivity contribution in [1.82, 2.24) is 9.80 Å². The molecule has 1 aliphatic rings. The van der Waals surface area contributed by atoms with E-state index in [-0.39, 0.29) is 24.2 Å². The zero-order valence-corrected chi connectivity index (χ0v) is 18.3. The molecule has 2 heterocycles. The molecule has 1 aliphatic heterocycles. The molecule has 166 valence electrons. The maximum atomic E-state index is 12.6. The van der Waals surface area contributed by atoms with Gasteiger partial charge in [-0.05, 0) is 42.0 Å². The monoisotopic (exact) mass is 453 g/mol. The first-order valence-electron chi connectivity index (χ1n) is 10.4. The lowest BCUT2D eigenvalue weighted by Gasteiger charge is -2.34. The number of carbonyl (C=O) groups excluding carboxylic acids is 2. The fourth-order valence-corrected chi connectivity index (χ4v) is 3.76. The van der Waals surface area contributed by atoms with Gasteiger partial charge in [0.25, 0.3) is 11.8 Å². The van der Waals surface area contributed by atoms with E-state index in [1.807, 2.05) is 23.1 Å². The van der Waals surface area contributed by atoms with Crippen LogP contribution < -0.4 is 10.1 Å². The second-order valence-corrected chi connectivity index (χ2v) is 7.97. The number of carbonyl (C=O) groups is 2. The van der Waals surface area contributed by atoms with Crippen LogP contribution >= 0.6 is 11.6 Å². The molecule has 0 bridgehead atoms. The van der Waals surface area contributed by atoms with E-state index >= 15 is 0 Å². The Hall–Kier alpha value is -3.29. The van der Waals surface area contributed by atoms with Gasteiger partial charge < -0.3 is 19.4 Å². The molecule has 0 aliphatic carbocycles. The Morgan fingerprint density at radius 1 is 1.00 bits per heavy atom. The first-order chi connectivity index (χ1) is 15.6. The number of benzene rings is 2. The Labute approximate surface area is 191 Å². The summed E-state index contributed by atoms with van der Waals surface area (Å²) in [4.78, 5) is 28.8. The van der Waals surface area contributed by atoms with Gasteiger partial charge in [0.15, 0.2) is 12.4 Å². The van der Waals surface area contributed by atoms with Gasteiger partial charge in [0.1, 0.15) is 5.75 Å². The Morgan fingerprint density at radius 2 is 1.81 bits per heavy atom. The number of furan rings is 1. The second kappa shape index (κ2) is 10.3. The minimum atomic E-state index is -0.348. The Kier molecular flexibility index (Phi) is 7.09. The summed E-state index contributed by atoms with van der Waals surface area (Å²) in [6, 6.07) is 18.0. The lowest BCUT2D eigenvalue weighted by Crippen LogP contribution is -2.49. The SMILES string of the molecule is O=C(Nc1cccc(OCC(=O)N2CCN(Cc3cccc(Cl)c3)CC2)c1)c1ccco1. The smallest absolute Gasteiger partial charge is 0.291 e. The third kappa shape index (κ3) is 5.90. The number of hydrogen-bond donors (Lipinski definition) is 1. The van der Waals surface area contributed by atoms with Crippen molar-refractivity contribution in [3.8, 4) is 5.75 Å². The summed E-state index contributed by atoms with van der Waals surface area (Å²) in [5.41, 5.74) is 1.73. The minimum absolute atomic E-state index is 0.0517. The summed E-state index contributed by atoms with van der Waals surface area (Å²) in [5, 5.41) is 3.48. The molecule has 0 atom stereocenters. The number of nitrogens with one attached hydrogen (secondary N) is 1. The van der Waals surface area contributed by atoms with Gasteiger partial charge in [0.05, 0.1) is 6.26 Å². The Morgan fingerprint density at radius 3 is 2.56 bits per heavy atom. The summed E-state index contributed by atoms with van der Waals surface area (Å²) < 4.78 is 10.8. The summed E-state index contributed by atoms with van der Waals surface area (Å²) >= 11 is 6.06. The van der Waals surface area contributed by atoms with Gasteiger partial charge in [0.2, 0.25) is 0 Å². The fraction of sp³-hybridized carbons (Fsp3) is 0.250. The highest BCUT2D eigenvalue weighted by molar-refractivity contribution is 6.30. The summed E-state index contributed by atoms with van der Waals surface area (Å²) in [6.45, 7) is 3.67. The van der Waals surface area contributed by atoms with Crippen molar-refractivity contribution in [2.45, 2.75) is 6.54 Å². The second-order valence-electron chi connectivity index (χ2n) is 7.53. The average Bonchev–Trinajstić information content (AvgIpc) is 3.34. The van der Waals surface area contributed by atoms with Crippen LogP contribution in [0.3, 0.4) is 0 Å². The van der Waals surface area contributed by atoms with Crippen LogP contribution in [0.25, 0.3) is 0 Å². The van der Waals surface area contributed by atoms with Gasteiger partial charge in [-0.25, -0.2) is 0 Å². The molecule has 0 radical (unpaired) electrons. The van der Waals surface area contributed by atoms with Crippen molar-refractivity contribution in [2.75, 3.05) is 38.1 Å².